The van der Waals surface area contributed by atoms with Crippen molar-refractivity contribution in [2.24, 2.45) is 5.14 Å². The number of hydrogen-bond donors (Lipinski definition) is 3. The van der Waals surface area contributed by atoms with Crippen molar-refractivity contribution in [2.45, 2.75) is 11.3 Å². The molecule has 7 heteroatoms. The van der Waals surface area contributed by atoms with Gasteiger partial charge in [0, 0.05) is 11.3 Å². The number of aromatic hydroxyl groups is 1. The molecule has 2 aromatic carbocycles. The first-order valence-corrected chi connectivity index (χ1v) is 7.60. The van der Waals surface area contributed by atoms with E-state index in [4.69, 9.17) is 5.14 Å². The summed E-state index contributed by atoms with van der Waals surface area (Å²) in [4.78, 5) is 11.8. The minimum Gasteiger partial charge on any atom is -0.508 e. The number of amides is 1. The lowest BCUT2D eigenvalue weighted by molar-refractivity contribution is -0.115. The fourth-order valence-electron chi connectivity index (χ4n) is 1.79. The largest absolute Gasteiger partial charge is 0.508 e. The minimum absolute atomic E-state index is 0.0216. The van der Waals surface area contributed by atoms with Gasteiger partial charge in [-0.2, -0.15) is 0 Å². The van der Waals surface area contributed by atoms with Gasteiger partial charge in [0.05, 0.1) is 11.3 Å². The molecular weight excluding hydrogens is 292 g/mol. The van der Waals surface area contributed by atoms with Gasteiger partial charge < -0.3 is 10.4 Å². The van der Waals surface area contributed by atoms with Crippen molar-refractivity contribution in [3.8, 4) is 5.75 Å². The predicted octanol–water partition coefficient (Wildman–Crippen LogP) is 1.22. The summed E-state index contributed by atoms with van der Waals surface area (Å²) in [5, 5.41) is 17.2. The van der Waals surface area contributed by atoms with Crippen LogP contribution in [0.25, 0.3) is 0 Å². The van der Waals surface area contributed by atoms with E-state index in [9.17, 15) is 18.3 Å². The Balaban J connectivity index is 2.12. The van der Waals surface area contributed by atoms with Crippen LogP contribution in [-0.4, -0.2) is 19.4 Å². The van der Waals surface area contributed by atoms with Gasteiger partial charge in [-0.05, 0) is 24.3 Å². The second-order valence-electron chi connectivity index (χ2n) is 4.43. The van der Waals surface area contributed by atoms with Crippen LogP contribution in [0.15, 0.2) is 53.4 Å². The average Bonchev–Trinajstić information content (AvgIpc) is 2.41. The molecule has 0 atom stereocenters. The molecule has 2 rings (SSSR count). The first-order valence-electron chi connectivity index (χ1n) is 6.06. The van der Waals surface area contributed by atoms with Crippen LogP contribution in [-0.2, 0) is 21.2 Å². The van der Waals surface area contributed by atoms with Gasteiger partial charge in [-0.15, -0.1) is 0 Å². The molecule has 6 nitrogen and oxygen atoms in total. The zero-order valence-electron chi connectivity index (χ0n) is 11.0. The van der Waals surface area contributed by atoms with Crippen molar-refractivity contribution in [2.75, 3.05) is 5.32 Å². The van der Waals surface area contributed by atoms with Gasteiger partial charge in [0.1, 0.15) is 5.75 Å². The number of phenolic OH excluding ortho intramolecular Hbond substituents is 1. The van der Waals surface area contributed by atoms with E-state index in [0.29, 0.717) is 11.3 Å². The predicted molar refractivity (Wildman–Crippen MR) is 78.3 cm³/mol. The number of rotatable bonds is 4. The highest BCUT2D eigenvalue weighted by Gasteiger charge is 2.11. The molecule has 0 saturated heterocycles. The van der Waals surface area contributed by atoms with Crippen molar-refractivity contribution in [1.29, 1.82) is 0 Å². The molecular formula is C14H14N2O4S. The Morgan fingerprint density at radius 3 is 2.52 bits per heavy atom. The van der Waals surface area contributed by atoms with E-state index in [1.807, 2.05) is 0 Å². The number of anilines is 1. The smallest absolute Gasteiger partial charge is 0.238 e. The number of carbonyl (C=O) groups is 1. The summed E-state index contributed by atoms with van der Waals surface area (Å²) in [5.41, 5.74) is 0.805. The van der Waals surface area contributed by atoms with Crippen LogP contribution in [0.5, 0.6) is 5.75 Å². The second-order valence-corrected chi connectivity index (χ2v) is 5.99. The van der Waals surface area contributed by atoms with Crippen molar-refractivity contribution in [3.05, 3.63) is 54.1 Å². The fraction of sp³-hybridized carbons (Fsp3) is 0.0714. The van der Waals surface area contributed by atoms with Crippen LogP contribution in [0.2, 0.25) is 0 Å². The number of nitrogens with one attached hydrogen (secondary N) is 1. The van der Waals surface area contributed by atoms with Crippen molar-refractivity contribution in [1.82, 2.24) is 0 Å². The summed E-state index contributed by atoms with van der Waals surface area (Å²) in [6, 6.07) is 12.1. The zero-order valence-corrected chi connectivity index (χ0v) is 11.8. The first-order chi connectivity index (χ1) is 9.86. The minimum atomic E-state index is -3.82. The SMILES string of the molecule is NS(=O)(=O)c1cccc(NC(=O)Cc2ccccc2O)c1. The molecule has 0 aromatic heterocycles. The topological polar surface area (TPSA) is 109 Å². The Hall–Kier alpha value is -2.38. The lowest BCUT2D eigenvalue weighted by Crippen LogP contribution is -2.16. The van der Waals surface area contributed by atoms with Gasteiger partial charge in [-0.1, -0.05) is 24.3 Å². The number of primary sulfonamides is 1. The maximum absolute atomic E-state index is 11.9. The van der Waals surface area contributed by atoms with Gasteiger partial charge in [0.2, 0.25) is 15.9 Å². The molecule has 21 heavy (non-hydrogen) atoms. The Kier molecular flexibility index (Phi) is 4.25. The molecule has 0 fully saturated rings. The maximum atomic E-state index is 11.9. The molecule has 0 saturated carbocycles. The molecule has 1 amide bonds. The molecule has 2 aromatic rings. The molecule has 0 aliphatic heterocycles. The average molecular weight is 306 g/mol. The molecule has 0 aliphatic carbocycles. The Bertz CT molecular complexity index is 772. The highest BCUT2D eigenvalue weighted by Crippen LogP contribution is 2.18. The number of nitrogens with two attached hydrogens (primary N) is 1. The lowest BCUT2D eigenvalue weighted by Gasteiger charge is -2.07. The summed E-state index contributed by atoms with van der Waals surface area (Å²) in [5.74, 6) is -0.339. The standard InChI is InChI=1S/C14H14N2O4S/c15-21(19,20)12-6-3-5-11(9-12)16-14(18)8-10-4-1-2-7-13(10)17/h1-7,9,17H,8H2,(H,16,18)(H2,15,19,20). The summed E-state index contributed by atoms with van der Waals surface area (Å²) >= 11 is 0. The van der Waals surface area contributed by atoms with E-state index < -0.39 is 10.0 Å². The zero-order chi connectivity index (χ0) is 15.5. The number of benzene rings is 2. The lowest BCUT2D eigenvalue weighted by atomic mass is 10.1. The molecule has 0 bridgehead atoms. The molecule has 0 heterocycles. The molecule has 110 valence electrons. The normalized spacial score (nSPS) is 11.1. The van der Waals surface area contributed by atoms with Gasteiger partial charge in [0.25, 0.3) is 0 Å². The second kappa shape index (κ2) is 5.94. The summed E-state index contributed by atoms with van der Waals surface area (Å²) in [7, 11) is -3.82. The van der Waals surface area contributed by atoms with E-state index in [1.165, 1.54) is 24.3 Å². The quantitative estimate of drug-likeness (QED) is 0.789. The molecule has 0 radical (unpaired) electrons. The Morgan fingerprint density at radius 2 is 1.86 bits per heavy atom. The summed E-state index contributed by atoms with van der Waals surface area (Å²) in [6.07, 6.45) is -0.0216. The fourth-order valence-corrected chi connectivity index (χ4v) is 2.35. The van der Waals surface area contributed by atoms with Crippen molar-refractivity contribution < 1.29 is 18.3 Å². The Morgan fingerprint density at radius 1 is 1.14 bits per heavy atom. The first kappa shape index (κ1) is 15.0. The maximum Gasteiger partial charge on any atom is 0.238 e. The summed E-state index contributed by atoms with van der Waals surface area (Å²) in [6.45, 7) is 0. The molecule has 4 N–H and O–H groups in total. The van der Waals surface area contributed by atoms with Crippen LogP contribution in [0.4, 0.5) is 5.69 Å². The van der Waals surface area contributed by atoms with Crippen molar-refractivity contribution >= 4 is 21.6 Å². The van der Waals surface area contributed by atoms with Gasteiger partial charge in [-0.3, -0.25) is 4.79 Å². The summed E-state index contributed by atoms with van der Waals surface area (Å²) < 4.78 is 22.5. The highest BCUT2D eigenvalue weighted by atomic mass is 32.2. The van der Waals surface area contributed by atoms with Crippen LogP contribution in [0.3, 0.4) is 0 Å². The monoisotopic (exact) mass is 306 g/mol. The third kappa shape index (κ3) is 4.04. The van der Waals surface area contributed by atoms with E-state index in [1.54, 1.807) is 24.3 Å². The van der Waals surface area contributed by atoms with E-state index >= 15 is 0 Å². The number of hydrogen-bond acceptors (Lipinski definition) is 4. The number of phenols is 1. The van der Waals surface area contributed by atoms with Crippen molar-refractivity contribution in [3.63, 3.8) is 0 Å². The van der Waals surface area contributed by atoms with E-state index in [0.717, 1.165) is 0 Å². The van der Waals surface area contributed by atoms with Crippen LogP contribution < -0.4 is 10.5 Å². The van der Waals surface area contributed by atoms with Gasteiger partial charge >= 0.3 is 0 Å². The number of carbonyl (C=O) groups excluding carboxylic acids is 1. The van der Waals surface area contributed by atoms with E-state index in [2.05, 4.69) is 5.32 Å². The number of para-hydroxylation sites is 1. The highest BCUT2D eigenvalue weighted by molar-refractivity contribution is 7.89. The third-order valence-electron chi connectivity index (χ3n) is 2.79. The number of sulfonamides is 1. The molecule has 0 spiro atoms. The molecule has 0 unspecified atom stereocenters. The van der Waals surface area contributed by atoms with E-state index in [-0.39, 0.29) is 23.0 Å². The Labute approximate surface area is 122 Å². The van der Waals surface area contributed by atoms with Gasteiger partial charge in [-0.25, -0.2) is 13.6 Å². The molecule has 0 aliphatic rings. The van der Waals surface area contributed by atoms with Crippen LogP contribution >= 0.6 is 0 Å². The van der Waals surface area contributed by atoms with Gasteiger partial charge in [0.15, 0.2) is 0 Å². The third-order valence-corrected chi connectivity index (χ3v) is 3.70. The van der Waals surface area contributed by atoms with Crippen LogP contribution in [0.1, 0.15) is 5.56 Å². The van der Waals surface area contributed by atoms with Crippen LogP contribution in [0, 0.1) is 0 Å².